The lowest BCUT2D eigenvalue weighted by atomic mass is 10.0. The Bertz CT molecular complexity index is 1330. The Morgan fingerprint density at radius 1 is 0.906 bits per heavy atom. The number of aromatic nitrogens is 3. The molecule has 2 aromatic heterocycles. The molecule has 0 bridgehead atoms. The predicted molar refractivity (Wildman–Crippen MR) is 123 cm³/mol. The van der Waals surface area contributed by atoms with Crippen LogP contribution in [0.4, 0.5) is 0 Å². The quantitative estimate of drug-likeness (QED) is 0.347. The van der Waals surface area contributed by atoms with Crippen molar-refractivity contribution in [1.29, 1.82) is 0 Å². The largest absolute Gasteiger partial charge is 0.294 e. The first kappa shape index (κ1) is 21.9. The molecule has 4 aromatic rings. The van der Waals surface area contributed by atoms with Crippen LogP contribution in [0.2, 0.25) is 0 Å². The number of hydrogen-bond acceptors (Lipinski definition) is 5. The Kier molecular flexibility index (Phi) is 6.46. The van der Waals surface area contributed by atoms with Crippen LogP contribution < -0.4 is 0 Å². The fourth-order valence-electron chi connectivity index (χ4n) is 3.55. The Balaban J connectivity index is 1.41. The molecule has 2 heterocycles. The molecule has 4 rings (SSSR count). The van der Waals surface area contributed by atoms with Gasteiger partial charge in [-0.1, -0.05) is 37.6 Å². The van der Waals surface area contributed by atoms with Gasteiger partial charge in [-0.15, -0.1) is 0 Å². The van der Waals surface area contributed by atoms with E-state index in [1.165, 1.54) is 6.20 Å². The zero-order chi connectivity index (χ0) is 22.6. The standard InChI is InChI=1S/C25H25N3O3S/c1-2-3-4-19-5-10-22(11-6-19)32(30,31)23-12-7-20(8-13-23)9-14-24(29)21-17-27-25-26-15-16-28(25)18-21/h5-8,10-13,15-18H,2-4,9,14H2,1H3. The Morgan fingerprint density at radius 2 is 1.53 bits per heavy atom. The Labute approximate surface area is 187 Å². The number of hydrogen-bond donors (Lipinski definition) is 0. The molecule has 0 fully saturated rings. The van der Waals surface area contributed by atoms with Gasteiger partial charge in [0, 0.05) is 31.2 Å². The van der Waals surface area contributed by atoms with Crippen LogP contribution in [0.1, 0.15) is 47.7 Å². The molecule has 0 radical (unpaired) electrons. The smallest absolute Gasteiger partial charge is 0.233 e. The van der Waals surface area contributed by atoms with Gasteiger partial charge in [0.15, 0.2) is 5.78 Å². The summed E-state index contributed by atoms with van der Waals surface area (Å²) in [5, 5.41) is 0. The molecule has 0 aliphatic carbocycles. The predicted octanol–water partition coefficient (Wildman–Crippen LogP) is 4.72. The first-order valence-electron chi connectivity index (χ1n) is 10.7. The van der Waals surface area contributed by atoms with Crippen LogP contribution in [0.3, 0.4) is 0 Å². The van der Waals surface area contributed by atoms with Crippen molar-refractivity contribution in [3.63, 3.8) is 0 Å². The monoisotopic (exact) mass is 447 g/mol. The molecular formula is C25H25N3O3S. The molecule has 7 heteroatoms. The number of benzene rings is 2. The highest BCUT2D eigenvalue weighted by atomic mass is 32.2. The minimum absolute atomic E-state index is 0.0204. The summed E-state index contributed by atoms with van der Waals surface area (Å²) in [5.41, 5.74) is 2.58. The van der Waals surface area contributed by atoms with Crippen LogP contribution >= 0.6 is 0 Å². The van der Waals surface area contributed by atoms with Gasteiger partial charge in [-0.3, -0.25) is 9.20 Å². The van der Waals surface area contributed by atoms with Gasteiger partial charge in [0.05, 0.1) is 15.4 Å². The van der Waals surface area contributed by atoms with Crippen molar-refractivity contribution in [3.8, 4) is 0 Å². The summed E-state index contributed by atoms with van der Waals surface area (Å²) in [6.45, 7) is 2.13. The Morgan fingerprint density at radius 3 is 2.16 bits per heavy atom. The van der Waals surface area contributed by atoms with E-state index in [1.54, 1.807) is 59.4 Å². The van der Waals surface area contributed by atoms with Gasteiger partial charge in [-0.25, -0.2) is 18.4 Å². The number of fused-ring (bicyclic) bond motifs is 1. The molecule has 0 N–H and O–H groups in total. The number of ketones is 1. The van der Waals surface area contributed by atoms with Crippen LogP contribution in [-0.4, -0.2) is 28.6 Å². The number of imidazole rings is 1. The average molecular weight is 448 g/mol. The molecule has 0 aliphatic rings. The molecule has 0 aliphatic heterocycles. The summed E-state index contributed by atoms with van der Waals surface area (Å²) in [7, 11) is -3.57. The molecule has 32 heavy (non-hydrogen) atoms. The lowest BCUT2D eigenvalue weighted by molar-refractivity contribution is 0.0982. The minimum Gasteiger partial charge on any atom is -0.294 e. The third-order valence-corrected chi connectivity index (χ3v) is 7.28. The molecule has 0 unspecified atom stereocenters. The van der Waals surface area contributed by atoms with E-state index in [0.29, 0.717) is 29.1 Å². The molecule has 0 saturated carbocycles. The second-order valence-corrected chi connectivity index (χ2v) is 9.74. The third kappa shape index (κ3) is 4.78. The van der Waals surface area contributed by atoms with E-state index in [0.717, 1.165) is 30.4 Å². The summed E-state index contributed by atoms with van der Waals surface area (Å²) < 4.78 is 27.6. The van der Waals surface area contributed by atoms with Crippen LogP contribution in [-0.2, 0) is 22.7 Å². The summed E-state index contributed by atoms with van der Waals surface area (Å²) in [6, 6.07) is 13.9. The van der Waals surface area contributed by atoms with E-state index in [-0.39, 0.29) is 10.7 Å². The number of aryl methyl sites for hydroxylation is 2. The van der Waals surface area contributed by atoms with E-state index in [1.807, 2.05) is 12.1 Å². The van der Waals surface area contributed by atoms with Gasteiger partial charge in [0.25, 0.3) is 0 Å². The third-order valence-electron chi connectivity index (χ3n) is 5.49. The highest BCUT2D eigenvalue weighted by Gasteiger charge is 2.17. The number of carbonyl (C=O) groups excluding carboxylic acids is 1. The van der Waals surface area contributed by atoms with Gasteiger partial charge in [0.1, 0.15) is 0 Å². The number of Topliss-reactive ketones (excluding diaryl/α,β-unsaturated/α-hetero) is 1. The highest BCUT2D eigenvalue weighted by Crippen LogP contribution is 2.22. The number of unbranched alkanes of at least 4 members (excludes halogenated alkanes) is 1. The van der Waals surface area contributed by atoms with E-state index >= 15 is 0 Å². The van der Waals surface area contributed by atoms with Crippen LogP contribution in [0.5, 0.6) is 0 Å². The highest BCUT2D eigenvalue weighted by molar-refractivity contribution is 7.91. The van der Waals surface area contributed by atoms with Crippen LogP contribution in [0, 0.1) is 0 Å². The van der Waals surface area contributed by atoms with Crippen molar-refractivity contribution in [2.45, 2.75) is 48.8 Å². The summed E-state index contributed by atoms with van der Waals surface area (Å²) >= 11 is 0. The summed E-state index contributed by atoms with van der Waals surface area (Å²) in [4.78, 5) is 21.3. The topological polar surface area (TPSA) is 81.4 Å². The van der Waals surface area contributed by atoms with Gasteiger partial charge in [-0.2, -0.15) is 0 Å². The van der Waals surface area contributed by atoms with Crippen molar-refractivity contribution in [2.24, 2.45) is 0 Å². The molecule has 2 aromatic carbocycles. The normalized spacial score (nSPS) is 11.7. The molecule has 0 saturated heterocycles. The molecule has 164 valence electrons. The van der Waals surface area contributed by atoms with Crippen LogP contribution in [0.25, 0.3) is 5.78 Å². The second-order valence-electron chi connectivity index (χ2n) is 7.80. The number of carbonyl (C=O) groups is 1. The van der Waals surface area contributed by atoms with Crippen molar-refractivity contribution >= 4 is 21.4 Å². The van der Waals surface area contributed by atoms with E-state index in [9.17, 15) is 13.2 Å². The van der Waals surface area contributed by atoms with E-state index < -0.39 is 9.84 Å². The average Bonchev–Trinajstić information content (AvgIpc) is 3.30. The number of sulfone groups is 1. The maximum absolute atomic E-state index is 12.9. The van der Waals surface area contributed by atoms with E-state index in [2.05, 4.69) is 16.9 Å². The first-order chi connectivity index (χ1) is 15.5. The maximum atomic E-state index is 12.9. The van der Waals surface area contributed by atoms with Crippen molar-refractivity contribution in [2.75, 3.05) is 0 Å². The van der Waals surface area contributed by atoms with Gasteiger partial charge in [0.2, 0.25) is 15.6 Å². The van der Waals surface area contributed by atoms with Crippen molar-refractivity contribution in [1.82, 2.24) is 14.4 Å². The molecule has 0 amide bonds. The zero-order valence-electron chi connectivity index (χ0n) is 17.9. The fraction of sp³-hybridized carbons (Fsp3) is 0.240. The molecular weight excluding hydrogens is 422 g/mol. The van der Waals surface area contributed by atoms with Crippen molar-refractivity contribution in [3.05, 3.63) is 90.0 Å². The first-order valence-corrected chi connectivity index (χ1v) is 12.2. The Hall–Kier alpha value is -3.32. The SMILES string of the molecule is CCCCc1ccc(S(=O)(=O)c2ccc(CCC(=O)c3cnc4nccn4c3)cc2)cc1. The number of nitrogens with zero attached hydrogens (tertiary/aromatic N) is 3. The lowest BCUT2D eigenvalue weighted by Gasteiger charge is -2.08. The fourth-order valence-corrected chi connectivity index (χ4v) is 4.81. The lowest BCUT2D eigenvalue weighted by Crippen LogP contribution is -2.05. The van der Waals surface area contributed by atoms with Crippen LogP contribution in [0.15, 0.2) is 83.1 Å². The second kappa shape index (κ2) is 9.44. The molecule has 0 spiro atoms. The van der Waals surface area contributed by atoms with E-state index in [4.69, 9.17) is 0 Å². The van der Waals surface area contributed by atoms with Gasteiger partial charge < -0.3 is 0 Å². The maximum Gasteiger partial charge on any atom is 0.233 e. The zero-order valence-corrected chi connectivity index (χ0v) is 18.8. The van der Waals surface area contributed by atoms with Gasteiger partial charge >= 0.3 is 0 Å². The summed E-state index contributed by atoms with van der Waals surface area (Å²) in [5.74, 6) is 0.530. The minimum atomic E-state index is -3.57. The number of rotatable bonds is 9. The molecule has 0 atom stereocenters. The molecule has 6 nitrogen and oxygen atoms in total. The summed E-state index contributed by atoms with van der Waals surface area (Å²) in [6.07, 6.45) is 10.6. The van der Waals surface area contributed by atoms with Crippen molar-refractivity contribution < 1.29 is 13.2 Å². The van der Waals surface area contributed by atoms with Gasteiger partial charge in [-0.05, 0) is 54.7 Å².